The van der Waals surface area contributed by atoms with Crippen LogP contribution in [0.4, 0.5) is 0 Å². The normalized spacial score (nSPS) is 13.3. The van der Waals surface area contributed by atoms with E-state index >= 15 is 0 Å². The Kier molecular flexibility index (Phi) is 49.0. The average molecular weight is 874 g/mol. The molecular formula is C56H107NO5. The first-order valence-corrected chi connectivity index (χ1v) is 27.6. The molecule has 62 heavy (non-hydrogen) atoms. The number of allylic oxidation sites excluding steroid dienone is 4. The van der Waals surface area contributed by atoms with E-state index in [-0.39, 0.29) is 24.9 Å². The molecule has 0 saturated heterocycles. The fourth-order valence-corrected chi connectivity index (χ4v) is 8.61. The van der Waals surface area contributed by atoms with Crippen molar-refractivity contribution in [3.05, 3.63) is 24.3 Å². The summed E-state index contributed by atoms with van der Waals surface area (Å²) in [5.74, 6) is -0.504. The van der Waals surface area contributed by atoms with Gasteiger partial charge in [-0.05, 0) is 44.9 Å². The van der Waals surface area contributed by atoms with E-state index in [1.165, 1.54) is 193 Å². The fraction of sp³-hybridized carbons (Fsp3) is 0.893. The molecule has 0 saturated carbocycles. The lowest BCUT2D eigenvalue weighted by Gasteiger charge is -2.24. The molecule has 3 atom stereocenters. The Morgan fingerprint density at radius 2 is 0.823 bits per heavy atom. The van der Waals surface area contributed by atoms with E-state index in [0.717, 1.165) is 57.8 Å². The first-order valence-electron chi connectivity index (χ1n) is 27.6. The fourth-order valence-electron chi connectivity index (χ4n) is 8.61. The molecule has 366 valence electrons. The van der Waals surface area contributed by atoms with Gasteiger partial charge in [0.1, 0.15) is 6.10 Å². The summed E-state index contributed by atoms with van der Waals surface area (Å²) in [5.41, 5.74) is 0. The molecule has 6 nitrogen and oxygen atoms in total. The van der Waals surface area contributed by atoms with Crippen LogP contribution in [-0.4, -0.2) is 46.9 Å². The van der Waals surface area contributed by atoms with Crippen LogP contribution in [0.5, 0.6) is 0 Å². The summed E-state index contributed by atoms with van der Waals surface area (Å²) in [6.07, 6.45) is 58.2. The molecule has 1 amide bonds. The molecule has 0 fully saturated rings. The van der Waals surface area contributed by atoms with Gasteiger partial charge in [-0.25, -0.2) is 0 Å². The quantitative estimate of drug-likeness (QED) is 0.0321. The highest BCUT2D eigenvalue weighted by Crippen LogP contribution is 2.18. The van der Waals surface area contributed by atoms with Gasteiger partial charge in [0.15, 0.2) is 0 Å². The zero-order valence-corrected chi connectivity index (χ0v) is 41.8. The van der Waals surface area contributed by atoms with Crippen molar-refractivity contribution in [1.29, 1.82) is 0 Å². The van der Waals surface area contributed by atoms with Crippen LogP contribution in [0.3, 0.4) is 0 Å². The van der Waals surface area contributed by atoms with Crippen LogP contribution in [0.25, 0.3) is 0 Å². The second kappa shape index (κ2) is 50.3. The van der Waals surface area contributed by atoms with Crippen molar-refractivity contribution >= 4 is 11.9 Å². The van der Waals surface area contributed by atoms with Crippen LogP contribution in [0.2, 0.25) is 0 Å². The monoisotopic (exact) mass is 874 g/mol. The SMILES string of the molecule is CCCCCCCCC/C=C/C=C/CCCC(CC(=O)NC(CO)C(O)CCCCCCCCCCCCC)OC(=O)CCCCCCCCCCCCCCCCCCCC. The van der Waals surface area contributed by atoms with Crippen molar-refractivity contribution in [1.82, 2.24) is 5.32 Å². The Hall–Kier alpha value is -1.66. The summed E-state index contributed by atoms with van der Waals surface area (Å²) in [4.78, 5) is 26.2. The van der Waals surface area contributed by atoms with Gasteiger partial charge in [-0.1, -0.05) is 263 Å². The Balaban J connectivity index is 4.55. The zero-order valence-electron chi connectivity index (χ0n) is 41.8. The molecule has 0 rings (SSSR count). The van der Waals surface area contributed by atoms with E-state index in [0.29, 0.717) is 19.3 Å². The van der Waals surface area contributed by atoms with Crippen LogP contribution < -0.4 is 5.32 Å². The highest BCUT2D eigenvalue weighted by Gasteiger charge is 2.24. The first-order chi connectivity index (χ1) is 30.5. The molecular weight excluding hydrogens is 767 g/mol. The number of ether oxygens (including phenoxy) is 1. The number of nitrogens with one attached hydrogen (secondary N) is 1. The summed E-state index contributed by atoms with van der Waals surface area (Å²) in [5, 5.41) is 23.7. The largest absolute Gasteiger partial charge is 0.462 e. The molecule has 0 spiro atoms. The standard InChI is InChI=1S/C56H107NO5/c1-4-7-10-13-16-19-22-24-26-27-28-29-31-34-37-40-43-46-49-56(61)62-52(47-44-41-38-35-33-30-25-23-20-17-14-11-8-5-2)50-55(60)57-53(51-58)54(59)48-45-42-39-36-32-21-18-15-12-9-6-3/h30,33,35,38,52-54,58-59H,4-29,31-32,34,36-37,39-51H2,1-3H3,(H,57,60)/b33-30+,38-35+. The number of carbonyl (C=O) groups excluding carboxylic acids is 2. The summed E-state index contributed by atoms with van der Waals surface area (Å²) in [6, 6.07) is -0.711. The Bertz CT molecular complexity index is 981. The molecule has 3 unspecified atom stereocenters. The van der Waals surface area contributed by atoms with Gasteiger partial charge >= 0.3 is 5.97 Å². The predicted octanol–water partition coefficient (Wildman–Crippen LogP) is 16.7. The number of aliphatic hydroxyl groups is 2. The van der Waals surface area contributed by atoms with E-state index in [9.17, 15) is 19.8 Å². The third kappa shape index (κ3) is 44.9. The van der Waals surface area contributed by atoms with E-state index in [1.807, 2.05) is 0 Å². The van der Waals surface area contributed by atoms with Gasteiger partial charge in [0.25, 0.3) is 0 Å². The number of amides is 1. The van der Waals surface area contributed by atoms with E-state index in [1.54, 1.807) is 0 Å². The van der Waals surface area contributed by atoms with Crippen molar-refractivity contribution in [3.63, 3.8) is 0 Å². The molecule has 0 radical (unpaired) electrons. The van der Waals surface area contributed by atoms with Crippen LogP contribution in [0, 0.1) is 0 Å². The third-order valence-corrected chi connectivity index (χ3v) is 12.8. The maximum Gasteiger partial charge on any atom is 0.306 e. The zero-order chi connectivity index (χ0) is 45.2. The minimum absolute atomic E-state index is 0.0502. The van der Waals surface area contributed by atoms with Crippen LogP contribution in [-0.2, 0) is 14.3 Å². The van der Waals surface area contributed by atoms with Gasteiger partial charge in [0, 0.05) is 6.42 Å². The smallest absolute Gasteiger partial charge is 0.306 e. The Morgan fingerprint density at radius 3 is 1.23 bits per heavy atom. The van der Waals surface area contributed by atoms with Crippen molar-refractivity contribution in [2.45, 2.75) is 315 Å². The van der Waals surface area contributed by atoms with Gasteiger partial charge in [-0.15, -0.1) is 0 Å². The molecule has 0 aliphatic carbocycles. The number of carbonyl (C=O) groups is 2. The van der Waals surface area contributed by atoms with Crippen molar-refractivity contribution in [3.8, 4) is 0 Å². The molecule has 0 bridgehead atoms. The highest BCUT2D eigenvalue weighted by atomic mass is 16.5. The molecule has 0 aromatic heterocycles. The number of esters is 1. The number of hydrogen-bond acceptors (Lipinski definition) is 5. The molecule has 0 aromatic rings. The minimum atomic E-state index is -0.794. The van der Waals surface area contributed by atoms with Crippen molar-refractivity contribution in [2.24, 2.45) is 0 Å². The lowest BCUT2D eigenvalue weighted by molar-refractivity contribution is -0.151. The number of hydrogen-bond donors (Lipinski definition) is 3. The topological polar surface area (TPSA) is 95.9 Å². The molecule has 0 heterocycles. The van der Waals surface area contributed by atoms with Crippen LogP contribution in [0.15, 0.2) is 24.3 Å². The maximum absolute atomic E-state index is 13.2. The van der Waals surface area contributed by atoms with Gasteiger partial charge in [-0.2, -0.15) is 0 Å². The van der Waals surface area contributed by atoms with Crippen molar-refractivity contribution in [2.75, 3.05) is 6.61 Å². The van der Waals surface area contributed by atoms with Gasteiger partial charge in [-0.3, -0.25) is 9.59 Å². The highest BCUT2D eigenvalue weighted by molar-refractivity contribution is 5.77. The molecule has 0 aliphatic heterocycles. The molecule has 0 aliphatic rings. The Labute approximate surface area is 386 Å². The van der Waals surface area contributed by atoms with E-state index in [2.05, 4.69) is 50.4 Å². The van der Waals surface area contributed by atoms with Gasteiger partial charge in [0.05, 0.1) is 25.2 Å². The van der Waals surface area contributed by atoms with E-state index < -0.39 is 18.2 Å². The summed E-state index contributed by atoms with van der Waals surface area (Å²) in [6.45, 7) is 6.49. The molecule has 3 N–H and O–H groups in total. The van der Waals surface area contributed by atoms with Gasteiger partial charge in [0.2, 0.25) is 5.91 Å². The first kappa shape index (κ1) is 60.3. The molecule has 6 heteroatoms. The second-order valence-electron chi connectivity index (χ2n) is 19.0. The minimum Gasteiger partial charge on any atom is -0.462 e. The predicted molar refractivity (Wildman–Crippen MR) is 269 cm³/mol. The van der Waals surface area contributed by atoms with Crippen molar-refractivity contribution < 1.29 is 24.5 Å². The number of aliphatic hydroxyl groups excluding tert-OH is 2. The third-order valence-electron chi connectivity index (χ3n) is 12.8. The Morgan fingerprint density at radius 1 is 0.468 bits per heavy atom. The second-order valence-corrected chi connectivity index (χ2v) is 19.0. The van der Waals surface area contributed by atoms with E-state index in [4.69, 9.17) is 4.74 Å². The number of rotatable bonds is 50. The average Bonchev–Trinajstić information content (AvgIpc) is 3.26. The summed E-state index contributed by atoms with van der Waals surface area (Å²) >= 11 is 0. The maximum atomic E-state index is 13.2. The molecule has 0 aromatic carbocycles. The lowest BCUT2D eigenvalue weighted by atomic mass is 10.0. The summed E-state index contributed by atoms with van der Waals surface area (Å²) in [7, 11) is 0. The number of unbranched alkanes of at least 4 members (excludes halogenated alkanes) is 35. The summed E-state index contributed by atoms with van der Waals surface area (Å²) < 4.78 is 5.92. The van der Waals surface area contributed by atoms with Crippen LogP contribution >= 0.6 is 0 Å². The van der Waals surface area contributed by atoms with Gasteiger partial charge < -0.3 is 20.3 Å². The lowest BCUT2D eigenvalue weighted by Crippen LogP contribution is -2.46. The van der Waals surface area contributed by atoms with Crippen LogP contribution in [0.1, 0.15) is 297 Å².